The monoisotopic (exact) mass is 358 g/mol. The Bertz CT molecular complexity index is 665. The minimum atomic E-state index is -0.170. The van der Waals surface area contributed by atoms with Crippen LogP contribution in [0.5, 0.6) is 0 Å². The second kappa shape index (κ2) is 9.51. The fraction of sp³-hybridized carbons (Fsp3) is 0.571. The molecule has 2 amide bonds. The molecule has 1 aliphatic carbocycles. The molecule has 0 fully saturated rings. The number of carbonyl (C=O) groups is 3. The van der Waals surface area contributed by atoms with Gasteiger partial charge in [-0.3, -0.25) is 14.4 Å². The zero-order chi connectivity index (χ0) is 19.1. The Kier molecular flexibility index (Phi) is 7.37. The van der Waals surface area contributed by atoms with Gasteiger partial charge in [-0.1, -0.05) is 12.1 Å². The van der Waals surface area contributed by atoms with Gasteiger partial charge < -0.3 is 9.80 Å². The van der Waals surface area contributed by atoms with Crippen LogP contribution in [0, 0.1) is 0 Å². The molecule has 26 heavy (non-hydrogen) atoms. The van der Waals surface area contributed by atoms with Gasteiger partial charge in [-0.15, -0.1) is 0 Å². The van der Waals surface area contributed by atoms with Crippen LogP contribution in [-0.4, -0.2) is 54.1 Å². The van der Waals surface area contributed by atoms with Crippen LogP contribution in [0.25, 0.3) is 0 Å². The summed E-state index contributed by atoms with van der Waals surface area (Å²) in [6, 6.07) is 5.93. The Balaban J connectivity index is 1.86. The van der Waals surface area contributed by atoms with Crippen LogP contribution >= 0.6 is 0 Å². The second-order valence-corrected chi connectivity index (χ2v) is 6.93. The zero-order valence-electron chi connectivity index (χ0n) is 16.2. The van der Waals surface area contributed by atoms with Gasteiger partial charge in [-0.25, -0.2) is 0 Å². The molecule has 1 aromatic carbocycles. The van der Waals surface area contributed by atoms with E-state index >= 15 is 0 Å². The fourth-order valence-electron chi connectivity index (χ4n) is 3.43. The molecule has 5 heteroatoms. The van der Waals surface area contributed by atoms with E-state index in [2.05, 4.69) is 6.07 Å². The van der Waals surface area contributed by atoms with Crippen LogP contribution in [0.2, 0.25) is 0 Å². The van der Waals surface area contributed by atoms with E-state index in [1.807, 2.05) is 26.0 Å². The number of hydrogen-bond acceptors (Lipinski definition) is 3. The van der Waals surface area contributed by atoms with E-state index < -0.39 is 0 Å². The van der Waals surface area contributed by atoms with E-state index in [0.29, 0.717) is 18.7 Å². The van der Waals surface area contributed by atoms with E-state index in [1.54, 1.807) is 11.9 Å². The van der Waals surface area contributed by atoms with E-state index in [9.17, 15) is 14.4 Å². The van der Waals surface area contributed by atoms with E-state index in [-0.39, 0.29) is 37.0 Å². The number of aryl methyl sites for hydroxylation is 2. The van der Waals surface area contributed by atoms with Crippen LogP contribution < -0.4 is 0 Å². The average Bonchev–Trinajstić information content (AvgIpc) is 2.66. The van der Waals surface area contributed by atoms with E-state index in [0.717, 1.165) is 12.8 Å². The fourth-order valence-corrected chi connectivity index (χ4v) is 3.43. The van der Waals surface area contributed by atoms with Crippen molar-refractivity contribution in [1.82, 2.24) is 9.80 Å². The van der Waals surface area contributed by atoms with Crippen molar-refractivity contribution < 1.29 is 14.4 Å². The van der Waals surface area contributed by atoms with Gasteiger partial charge in [-0.2, -0.15) is 0 Å². The SMILES string of the molecule is CCN(CC)C(=O)CN(C)C(=O)CCC(=O)c1ccc2c(c1)CCCC2. The van der Waals surface area contributed by atoms with Crippen LogP contribution in [0.3, 0.4) is 0 Å². The van der Waals surface area contributed by atoms with Gasteiger partial charge in [0.25, 0.3) is 0 Å². The number of ketones is 1. The number of benzene rings is 1. The number of likely N-dealkylation sites (N-methyl/N-ethyl adjacent to an activating group) is 2. The van der Waals surface area contributed by atoms with Gasteiger partial charge in [0.2, 0.25) is 11.8 Å². The third-order valence-corrected chi connectivity index (χ3v) is 5.15. The van der Waals surface area contributed by atoms with Crippen molar-refractivity contribution in [2.75, 3.05) is 26.7 Å². The lowest BCUT2D eigenvalue weighted by Crippen LogP contribution is -2.41. The molecule has 0 spiro atoms. The molecule has 0 radical (unpaired) electrons. The van der Waals surface area contributed by atoms with Crippen LogP contribution in [-0.2, 0) is 22.4 Å². The molecule has 5 nitrogen and oxygen atoms in total. The average molecular weight is 358 g/mol. The van der Waals surface area contributed by atoms with Crippen LogP contribution in [0.4, 0.5) is 0 Å². The number of rotatable bonds is 8. The standard InChI is InChI=1S/C21H30N2O3/c1-4-23(5-2)21(26)15-22(3)20(25)13-12-19(24)18-11-10-16-8-6-7-9-17(16)14-18/h10-11,14H,4-9,12-13,15H2,1-3H3. The van der Waals surface area contributed by atoms with Crippen molar-refractivity contribution in [2.24, 2.45) is 0 Å². The maximum atomic E-state index is 12.4. The molecular formula is C21H30N2O3. The van der Waals surface area contributed by atoms with Gasteiger partial charge >= 0.3 is 0 Å². The lowest BCUT2D eigenvalue weighted by atomic mass is 9.89. The highest BCUT2D eigenvalue weighted by Gasteiger charge is 2.18. The molecule has 0 saturated heterocycles. The number of fused-ring (bicyclic) bond motifs is 1. The van der Waals surface area contributed by atoms with Crippen molar-refractivity contribution in [2.45, 2.75) is 52.4 Å². The molecule has 1 aromatic rings. The van der Waals surface area contributed by atoms with Gasteiger partial charge in [0, 0.05) is 38.5 Å². The van der Waals surface area contributed by atoms with Crippen LogP contribution in [0.1, 0.15) is 61.0 Å². The molecular weight excluding hydrogens is 328 g/mol. The summed E-state index contributed by atoms with van der Waals surface area (Å²) in [5, 5.41) is 0. The second-order valence-electron chi connectivity index (χ2n) is 6.93. The Labute approximate surface area is 156 Å². The number of amides is 2. The van der Waals surface area contributed by atoms with Gasteiger partial charge in [0.1, 0.15) is 0 Å². The molecule has 0 bridgehead atoms. The van der Waals surface area contributed by atoms with Gasteiger partial charge in [0.05, 0.1) is 6.54 Å². The summed E-state index contributed by atoms with van der Waals surface area (Å²) in [5.41, 5.74) is 3.31. The number of nitrogens with zero attached hydrogens (tertiary/aromatic N) is 2. The third-order valence-electron chi connectivity index (χ3n) is 5.15. The normalized spacial score (nSPS) is 13.0. The maximum Gasteiger partial charge on any atom is 0.242 e. The Morgan fingerprint density at radius 3 is 2.23 bits per heavy atom. The Hall–Kier alpha value is -2.17. The molecule has 142 valence electrons. The van der Waals surface area contributed by atoms with Crippen molar-refractivity contribution >= 4 is 17.6 Å². The van der Waals surface area contributed by atoms with Crippen molar-refractivity contribution in [3.63, 3.8) is 0 Å². The predicted octanol–water partition coefficient (Wildman–Crippen LogP) is 2.86. The zero-order valence-corrected chi connectivity index (χ0v) is 16.2. The summed E-state index contributed by atoms with van der Waals surface area (Å²) in [6.45, 7) is 5.16. The minimum absolute atomic E-state index is 0.00445. The molecule has 0 atom stereocenters. The van der Waals surface area contributed by atoms with Crippen molar-refractivity contribution in [1.29, 1.82) is 0 Å². The highest BCUT2D eigenvalue weighted by Crippen LogP contribution is 2.23. The topological polar surface area (TPSA) is 57.7 Å². The highest BCUT2D eigenvalue weighted by molar-refractivity contribution is 5.98. The molecule has 1 aliphatic rings. The molecule has 0 aromatic heterocycles. The first kappa shape index (κ1) is 20.1. The lowest BCUT2D eigenvalue weighted by molar-refractivity contribution is -0.139. The summed E-state index contributed by atoms with van der Waals surface area (Å²) in [7, 11) is 1.62. The summed E-state index contributed by atoms with van der Waals surface area (Å²) < 4.78 is 0. The Morgan fingerprint density at radius 1 is 0.923 bits per heavy atom. The number of hydrogen-bond donors (Lipinski definition) is 0. The highest BCUT2D eigenvalue weighted by atomic mass is 16.2. The summed E-state index contributed by atoms with van der Waals surface area (Å²) >= 11 is 0. The molecule has 2 rings (SSSR count). The summed E-state index contributed by atoms with van der Waals surface area (Å²) in [5.74, 6) is -0.237. The van der Waals surface area contributed by atoms with Gasteiger partial charge in [0.15, 0.2) is 5.78 Å². The lowest BCUT2D eigenvalue weighted by Gasteiger charge is -2.23. The van der Waals surface area contributed by atoms with Crippen LogP contribution in [0.15, 0.2) is 18.2 Å². The first-order valence-corrected chi connectivity index (χ1v) is 9.63. The quantitative estimate of drug-likeness (QED) is 0.672. The first-order chi connectivity index (χ1) is 12.5. The molecule has 0 N–H and O–H groups in total. The van der Waals surface area contributed by atoms with Gasteiger partial charge in [-0.05, 0) is 56.7 Å². The summed E-state index contributed by atoms with van der Waals surface area (Å²) in [6.07, 6.45) is 4.83. The molecule has 0 unspecified atom stereocenters. The maximum absolute atomic E-state index is 12.4. The number of carbonyl (C=O) groups excluding carboxylic acids is 3. The Morgan fingerprint density at radius 2 is 1.58 bits per heavy atom. The third kappa shape index (κ3) is 5.16. The predicted molar refractivity (Wildman–Crippen MR) is 102 cm³/mol. The summed E-state index contributed by atoms with van der Waals surface area (Å²) in [4.78, 5) is 39.9. The van der Waals surface area contributed by atoms with E-state index in [1.165, 1.54) is 28.9 Å². The molecule has 0 heterocycles. The molecule has 0 aliphatic heterocycles. The van der Waals surface area contributed by atoms with E-state index in [4.69, 9.17) is 0 Å². The minimum Gasteiger partial charge on any atom is -0.342 e. The molecule has 0 saturated carbocycles. The first-order valence-electron chi connectivity index (χ1n) is 9.63. The largest absolute Gasteiger partial charge is 0.342 e. The van der Waals surface area contributed by atoms with Crippen molar-refractivity contribution in [3.8, 4) is 0 Å². The van der Waals surface area contributed by atoms with Crippen molar-refractivity contribution in [3.05, 3.63) is 34.9 Å². The number of Topliss-reactive ketones (excluding diaryl/α,β-unsaturated/α-hetero) is 1. The smallest absolute Gasteiger partial charge is 0.242 e.